The molecule has 0 aliphatic heterocycles. The summed E-state index contributed by atoms with van der Waals surface area (Å²) < 4.78 is 1.15. The van der Waals surface area contributed by atoms with E-state index in [9.17, 15) is 0 Å². The molecule has 4 N–H and O–H groups in total. The second-order valence-electron chi connectivity index (χ2n) is 4.00. The number of hydrogen-bond acceptors (Lipinski definition) is 3. The molecule has 3 aromatic rings. The van der Waals surface area contributed by atoms with E-state index in [2.05, 4.69) is 38.1 Å². The average Bonchev–Trinajstić information content (AvgIpc) is 2.79. The highest BCUT2D eigenvalue weighted by Gasteiger charge is 2.05. The van der Waals surface area contributed by atoms with E-state index in [0.717, 1.165) is 25.8 Å². The molecule has 0 amide bonds. The van der Waals surface area contributed by atoms with Crippen LogP contribution < -0.4 is 11.1 Å². The summed E-state index contributed by atoms with van der Waals surface area (Å²) in [4.78, 5) is 0. The van der Waals surface area contributed by atoms with Crippen LogP contribution in [0, 0.1) is 3.57 Å². The summed E-state index contributed by atoms with van der Waals surface area (Å²) in [6, 6.07) is 12.0. The van der Waals surface area contributed by atoms with Crippen molar-refractivity contribution in [3.63, 3.8) is 0 Å². The van der Waals surface area contributed by atoms with Gasteiger partial charge in [-0.05, 0) is 46.9 Å². The van der Waals surface area contributed by atoms with Gasteiger partial charge in [-0.15, -0.1) is 0 Å². The average molecular weight is 350 g/mol. The highest BCUT2D eigenvalue weighted by molar-refractivity contribution is 14.1. The van der Waals surface area contributed by atoms with Gasteiger partial charge in [0.25, 0.3) is 0 Å². The van der Waals surface area contributed by atoms with Crippen molar-refractivity contribution in [3.8, 4) is 0 Å². The van der Waals surface area contributed by atoms with Gasteiger partial charge in [0.2, 0.25) is 0 Å². The van der Waals surface area contributed by atoms with Crippen LogP contribution in [0.1, 0.15) is 0 Å². The minimum Gasteiger partial charge on any atom is -0.397 e. The molecule has 1 aromatic heterocycles. The van der Waals surface area contributed by atoms with Crippen LogP contribution in [0.3, 0.4) is 0 Å². The third-order valence-electron chi connectivity index (χ3n) is 2.75. The van der Waals surface area contributed by atoms with Crippen LogP contribution in [0.5, 0.6) is 0 Å². The molecule has 3 rings (SSSR count). The lowest BCUT2D eigenvalue weighted by Gasteiger charge is -2.11. The number of aromatic nitrogens is 2. The number of nitrogen functional groups attached to an aromatic ring is 1. The Morgan fingerprint density at radius 1 is 1.17 bits per heavy atom. The Bertz CT molecular complexity index is 705. The largest absolute Gasteiger partial charge is 0.397 e. The minimum atomic E-state index is 0.712. The fraction of sp³-hybridized carbons (Fsp3) is 0. The molecule has 0 bridgehead atoms. The van der Waals surface area contributed by atoms with Gasteiger partial charge in [0, 0.05) is 8.96 Å². The van der Waals surface area contributed by atoms with E-state index in [1.807, 2.05) is 36.4 Å². The predicted octanol–water partition coefficient (Wildman–Crippen LogP) is 3.49. The number of nitrogens with two attached hydrogens (primary N) is 1. The normalized spacial score (nSPS) is 10.7. The van der Waals surface area contributed by atoms with Gasteiger partial charge in [0.05, 0.1) is 28.8 Å². The van der Waals surface area contributed by atoms with E-state index in [0.29, 0.717) is 5.69 Å². The van der Waals surface area contributed by atoms with Crippen LogP contribution >= 0.6 is 22.6 Å². The van der Waals surface area contributed by atoms with Crippen molar-refractivity contribution in [2.45, 2.75) is 0 Å². The van der Waals surface area contributed by atoms with Crippen molar-refractivity contribution in [1.82, 2.24) is 10.2 Å². The van der Waals surface area contributed by atoms with Crippen LogP contribution in [-0.4, -0.2) is 10.2 Å². The van der Waals surface area contributed by atoms with Gasteiger partial charge < -0.3 is 11.1 Å². The first-order valence-electron chi connectivity index (χ1n) is 5.48. The summed E-state index contributed by atoms with van der Waals surface area (Å²) in [7, 11) is 0. The highest BCUT2D eigenvalue weighted by atomic mass is 127. The zero-order valence-electron chi connectivity index (χ0n) is 9.44. The molecule has 0 aliphatic rings. The van der Waals surface area contributed by atoms with Gasteiger partial charge in [-0.1, -0.05) is 12.1 Å². The maximum atomic E-state index is 6.04. The molecule has 0 unspecified atom stereocenters. The first-order valence-corrected chi connectivity index (χ1v) is 6.56. The predicted molar refractivity (Wildman–Crippen MR) is 82.9 cm³/mol. The van der Waals surface area contributed by atoms with Crippen LogP contribution in [-0.2, 0) is 0 Å². The Labute approximate surface area is 118 Å². The number of hydrogen-bond donors (Lipinski definition) is 3. The van der Waals surface area contributed by atoms with Crippen molar-refractivity contribution in [3.05, 3.63) is 46.2 Å². The molecular formula is C13H11IN4. The number of fused-ring (bicyclic) bond motifs is 1. The molecule has 0 atom stereocenters. The van der Waals surface area contributed by atoms with Gasteiger partial charge in [-0.25, -0.2) is 0 Å². The summed E-state index contributed by atoms with van der Waals surface area (Å²) in [5, 5.41) is 11.3. The fourth-order valence-corrected chi connectivity index (χ4v) is 2.35. The maximum Gasteiger partial charge on any atom is 0.0672 e. The molecular weight excluding hydrogens is 339 g/mol. The number of halogens is 1. The third-order valence-corrected chi connectivity index (χ3v) is 3.69. The van der Waals surface area contributed by atoms with Crippen molar-refractivity contribution >= 4 is 50.6 Å². The summed E-state index contributed by atoms with van der Waals surface area (Å²) in [5.41, 5.74) is 9.65. The molecule has 0 radical (unpaired) electrons. The monoisotopic (exact) mass is 350 g/mol. The molecule has 90 valence electrons. The lowest BCUT2D eigenvalue weighted by atomic mass is 10.2. The molecule has 5 heteroatoms. The lowest BCUT2D eigenvalue weighted by molar-refractivity contribution is 1.12. The van der Waals surface area contributed by atoms with Crippen molar-refractivity contribution in [1.29, 1.82) is 0 Å². The summed E-state index contributed by atoms with van der Waals surface area (Å²) in [6.45, 7) is 0. The molecule has 4 nitrogen and oxygen atoms in total. The standard InChI is InChI=1S/C13H11IN4/c14-9-3-1-2-4-11(9)17-13-6-12-8(5-10(13)15)7-16-18-12/h1-7,17H,15H2,(H,16,18). The summed E-state index contributed by atoms with van der Waals surface area (Å²) >= 11 is 2.29. The Balaban J connectivity index is 2.04. The molecule has 0 aliphatic carbocycles. The SMILES string of the molecule is Nc1cc2cn[nH]c2cc1Nc1ccccc1I. The van der Waals surface area contributed by atoms with Crippen LogP contribution in [0.4, 0.5) is 17.1 Å². The van der Waals surface area contributed by atoms with Crippen molar-refractivity contribution < 1.29 is 0 Å². The molecule has 1 heterocycles. The second-order valence-corrected chi connectivity index (χ2v) is 5.16. The maximum absolute atomic E-state index is 6.04. The number of nitrogens with zero attached hydrogens (tertiary/aromatic N) is 1. The van der Waals surface area contributed by atoms with E-state index >= 15 is 0 Å². The number of para-hydroxylation sites is 1. The lowest BCUT2D eigenvalue weighted by Crippen LogP contribution is -1.97. The number of H-pyrrole nitrogens is 1. The molecule has 0 fully saturated rings. The third kappa shape index (κ3) is 2.01. The number of rotatable bonds is 2. The topological polar surface area (TPSA) is 66.7 Å². The van der Waals surface area contributed by atoms with Gasteiger partial charge in [-0.3, -0.25) is 5.10 Å². The zero-order chi connectivity index (χ0) is 12.5. The summed E-state index contributed by atoms with van der Waals surface area (Å²) in [6.07, 6.45) is 1.77. The van der Waals surface area contributed by atoms with Gasteiger partial charge >= 0.3 is 0 Å². The quantitative estimate of drug-likeness (QED) is 0.490. The first-order chi connectivity index (χ1) is 8.74. The number of nitrogens with one attached hydrogen (secondary N) is 2. The smallest absolute Gasteiger partial charge is 0.0672 e. The Morgan fingerprint density at radius 2 is 2.00 bits per heavy atom. The molecule has 18 heavy (non-hydrogen) atoms. The Kier molecular flexibility index (Phi) is 2.83. The number of benzene rings is 2. The van der Waals surface area contributed by atoms with Crippen molar-refractivity contribution in [2.24, 2.45) is 0 Å². The van der Waals surface area contributed by atoms with E-state index in [4.69, 9.17) is 5.73 Å². The van der Waals surface area contributed by atoms with Gasteiger partial charge in [0.15, 0.2) is 0 Å². The van der Waals surface area contributed by atoms with Crippen LogP contribution in [0.15, 0.2) is 42.6 Å². The van der Waals surface area contributed by atoms with E-state index < -0.39 is 0 Å². The van der Waals surface area contributed by atoms with Crippen LogP contribution in [0.2, 0.25) is 0 Å². The molecule has 0 saturated carbocycles. The highest BCUT2D eigenvalue weighted by Crippen LogP contribution is 2.29. The minimum absolute atomic E-state index is 0.712. The van der Waals surface area contributed by atoms with Crippen molar-refractivity contribution in [2.75, 3.05) is 11.1 Å². The fourth-order valence-electron chi connectivity index (χ4n) is 1.82. The second kappa shape index (κ2) is 4.49. The first kappa shape index (κ1) is 11.3. The molecule has 2 aromatic carbocycles. The summed E-state index contributed by atoms with van der Waals surface area (Å²) in [5.74, 6) is 0. The molecule has 0 spiro atoms. The number of anilines is 3. The van der Waals surface area contributed by atoms with E-state index in [-0.39, 0.29) is 0 Å². The van der Waals surface area contributed by atoms with E-state index in [1.165, 1.54) is 0 Å². The van der Waals surface area contributed by atoms with E-state index in [1.54, 1.807) is 6.20 Å². The van der Waals surface area contributed by atoms with Gasteiger partial charge in [-0.2, -0.15) is 5.10 Å². The molecule has 0 saturated heterocycles. The van der Waals surface area contributed by atoms with Gasteiger partial charge in [0.1, 0.15) is 0 Å². The Morgan fingerprint density at radius 3 is 2.83 bits per heavy atom. The van der Waals surface area contributed by atoms with Crippen LogP contribution in [0.25, 0.3) is 10.9 Å². The Hall–Kier alpha value is -1.76. The zero-order valence-corrected chi connectivity index (χ0v) is 11.6. The number of aromatic amines is 1.